The number of carbonyl (C=O) groups excluding carboxylic acids is 1. The molecule has 1 amide bonds. The van der Waals surface area contributed by atoms with E-state index in [2.05, 4.69) is 19.9 Å². The summed E-state index contributed by atoms with van der Waals surface area (Å²) < 4.78 is 1.17. The SMILES string of the molecule is O=C(CCCn1c(=O)[nH]c2ccccc2c1=O)N1CCN(c2ncccn2)CC1. The largest absolute Gasteiger partial charge is 0.339 e. The zero-order chi connectivity index (χ0) is 20.2. The number of benzene rings is 1. The number of H-pyrrole nitrogens is 1. The van der Waals surface area contributed by atoms with Crippen LogP contribution in [0.15, 0.2) is 52.3 Å². The Labute approximate surface area is 166 Å². The number of aromatic nitrogens is 4. The summed E-state index contributed by atoms with van der Waals surface area (Å²) in [7, 11) is 0. The van der Waals surface area contributed by atoms with Gasteiger partial charge in [-0.05, 0) is 24.6 Å². The minimum absolute atomic E-state index is 0.0314. The molecule has 3 heterocycles. The molecule has 150 valence electrons. The van der Waals surface area contributed by atoms with Crippen molar-refractivity contribution in [1.29, 1.82) is 0 Å². The third kappa shape index (κ3) is 4.03. The molecule has 0 radical (unpaired) electrons. The molecule has 0 bridgehead atoms. The van der Waals surface area contributed by atoms with Crippen molar-refractivity contribution in [2.75, 3.05) is 31.1 Å². The van der Waals surface area contributed by atoms with Crippen LogP contribution in [0.4, 0.5) is 5.95 Å². The Morgan fingerprint density at radius 2 is 1.72 bits per heavy atom. The number of nitrogens with zero attached hydrogens (tertiary/aromatic N) is 5. The maximum atomic E-state index is 12.5. The zero-order valence-corrected chi connectivity index (χ0v) is 16.0. The van der Waals surface area contributed by atoms with Crippen LogP contribution in [0.25, 0.3) is 10.9 Å². The van der Waals surface area contributed by atoms with Crippen LogP contribution in [0.1, 0.15) is 12.8 Å². The van der Waals surface area contributed by atoms with E-state index in [-0.39, 0.29) is 18.0 Å². The van der Waals surface area contributed by atoms with Crippen LogP contribution in [-0.4, -0.2) is 56.5 Å². The van der Waals surface area contributed by atoms with Crippen molar-refractivity contribution in [2.24, 2.45) is 0 Å². The van der Waals surface area contributed by atoms with Crippen LogP contribution in [0.5, 0.6) is 0 Å². The van der Waals surface area contributed by atoms with Crippen molar-refractivity contribution >= 4 is 22.8 Å². The molecular weight excluding hydrogens is 372 g/mol. The molecule has 1 aromatic carbocycles. The van der Waals surface area contributed by atoms with Crippen molar-refractivity contribution in [2.45, 2.75) is 19.4 Å². The van der Waals surface area contributed by atoms with Gasteiger partial charge in [0.15, 0.2) is 0 Å². The van der Waals surface area contributed by atoms with Crippen LogP contribution in [-0.2, 0) is 11.3 Å². The first-order chi connectivity index (χ1) is 14.1. The molecule has 0 saturated carbocycles. The molecule has 0 aliphatic carbocycles. The predicted molar refractivity (Wildman–Crippen MR) is 109 cm³/mol. The number of rotatable bonds is 5. The molecule has 4 rings (SSSR count). The molecule has 9 heteroatoms. The van der Waals surface area contributed by atoms with Crippen molar-refractivity contribution in [1.82, 2.24) is 24.4 Å². The third-order valence-corrected chi connectivity index (χ3v) is 5.13. The highest BCUT2D eigenvalue weighted by atomic mass is 16.2. The Morgan fingerprint density at radius 1 is 1.00 bits per heavy atom. The molecule has 1 aliphatic rings. The number of nitrogens with one attached hydrogen (secondary N) is 1. The molecule has 1 aliphatic heterocycles. The fourth-order valence-corrected chi connectivity index (χ4v) is 3.56. The lowest BCUT2D eigenvalue weighted by Gasteiger charge is -2.34. The number of carbonyl (C=O) groups is 1. The van der Waals surface area contributed by atoms with E-state index in [1.807, 2.05) is 4.90 Å². The van der Waals surface area contributed by atoms with Crippen molar-refractivity contribution in [3.05, 3.63) is 63.6 Å². The lowest BCUT2D eigenvalue weighted by atomic mass is 10.2. The number of aromatic amines is 1. The highest BCUT2D eigenvalue weighted by Crippen LogP contribution is 2.11. The monoisotopic (exact) mass is 394 g/mol. The fourth-order valence-electron chi connectivity index (χ4n) is 3.56. The van der Waals surface area contributed by atoms with E-state index in [4.69, 9.17) is 0 Å². The molecule has 29 heavy (non-hydrogen) atoms. The smallest absolute Gasteiger partial charge is 0.328 e. The summed E-state index contributed by atoms with van der Waals surface area (Å²) in [5.41, 5.74) is -0.249. The Morgan fingerprint density at radius 3 is 2.48 bits per heavy atom. The van der Waals surface area contributed by atoms with Gasteiger partial charge in [0.2, 0.25) is 11.9 Å². The summed E-state index contributed by atoms with van der Waals surface area (Å²) in [4.78, 5) is 52.3. The first kappa shape index (κ1) is 18.9. The number of anilines is 1. The average molecular weight is 394 g/mol. The molecule has 0 unspecified atom stereocenters. The molecular formula is C20H22N6O3. The summed E-state index contributed by atoms with van der Waals surface area (Å²) in [5.74, 6) is 0.707. The van der Waals surface area contributed by atoms with Gasteiger partial charge in [-0.1, -0.05) is 12.1 Å². The second-order valence-electron chi connectivity index (χ2n) is 6.95. The standard InChI is InChI=1S/C20H22N6O3/c27-17(24-11-13-25(14-12-24)19-21-8-4-9-22-19)7-3-10-26-18(28)15-5-1-2-6-16(15)23-20(26)29/h1-2,4-6,8-9H,3,7,10-14H2,(H,23,29). The highest BCUT2D eigenvalue weighted by molar-refractivity contribution is 5.77. The van der Waals surface area contributed by atoms with Crippen molar-refractivity contribution < 1.29 is 4.79 Å². The van der Waals surface area contributed by atoms with E-state index in [1.54, 1.807) is 42.7 Å². The second kappa shape index (κ2) is 8.26. The number of hydrogen-bond acceptors (Lipinski definition) is 6. The van der Waals surface area contributed by atoms with Crippen LogP contribution < -0.4 is 16.1 Å². The lowest BCUT2D eigenvalue weighted by Crippen LogP contribution is -2.49. The van der Waals surface area contributed by atoms with Gasteiger partial charge in [0.05, 0.1) is 10.9 Å². The number of hydrogen-bond donors (Lipinski definition) is 1. The minimum Gasteiger partial charge on any atom is -0.339 e. The van der Waals surface area contributed by atoms with E-state index in [0.717, 1.165) is 0 Å². The molecule has 3 aromatic rings. The number of amides is 1. The summed E-state index contributed by atoms with van der Waals surface area (Å²) in [6.07, 6.45) is 4.13. The van der Waals surface area contributed by atoms with Gasteiger partial charge in [-0.3, -0.25) is 14.2 Å². The van der Waals surface area contributed by atoms with Crippen LogP contribution >= 0.6 is 0 Å². The van der Waals surface area contributed by atoms with Gasteiger partial charge >= 0.3 is 5.69 Å². The normalized spacial score (nSPS) is 14.3. The fraction of sp³-hybridized carbons (Fsp3) is 0.350. The van der Waals surface area contributed by atoms with Gasteiger partial charge in [0.25, 0.3) is 5.56 Å². The minimum atomic E-state index is -0.447. The molecule has 1 N–H and O–H groups in total. The van der Waals surface area contributed by atoms with E-state index in [0.29, 0.717) is 55.9 Å². The molecule has 0 atom stereocenters. The van der Waals surface area contributed by atoms with Gasteiger partial charge in [-0.25, -0.2) is 14.8 Å². The number of para-hydroxylation sites is 1. The van der Waals surface area contributed by atoms with Crippen molar-refractivity contribution in [3.8, 4) is 0 Å². The first-order valence-corrected chi connectivity index (χ1v) is 9.65. The summed E-state index contributed by atoms with van der Waals surface area (Å²) in [5, 5.41) is 0.470. The summed E-state index contributed by atoms with van der Waals surface area (Å²) >= 11 is 0. The molecule has 0 spiro atoms. The topological polar surface area (TPSA) is 104 Å². The third-order valence-electron chi connectivity index (χ3n) is 5.13. The van der Waals surface area contributed by atoms with E-state index >= 15 is 0 Å². The van der Waals surface area contributed by atoms with Gasteiger partial charge in [-0.15, -0.1) is 0 Å². The maximum Gasteiger partial charge on any atom is 0.328 e. The van der Waals surface area contributed by atoms with E-state index in [1.165, 1.54) is 4.57 Å². The molecule has 9 nitrogen and oxygen atoms in total. The molecule has 1 fully saturated rings. The van der Waals surface area contributed by atoms with Crippen molar-refractivity contribution in [3.63, 3.8) is 0 Å². The van der Waals surface area contributed by atoms with Gasteiger partial charge in [0.1, 0.15) is 0 Å². The maximum absolute atomic E-state index is 12.5. The Hall–Kier alpha value is -3.49. The Kier molecular flexibility index (Phi) is 5.37. The Balaban J connectivity index is 1.33. The Bertz CT molecular complexity index is 1120. The van der Waals surface area contributed by atoms with Crippen LogP contribution in [0, 0.1) is 0 Å². The molecule has 1 saturated heterocycles. The zero-order valence-electron chi connectivity index (χ0n) is 16.0. The molecule has 2 aromatic heterocycles. The first-order valence-electron chi connectivity index (χ1n) is 9.65. The quantitative estimate of drug-likeness (QED) is 0.680. The van der Waals surface area contributed by atoms with Crippen LogP contribution in [0.3, 0.4) is 0 Å². The highest BCUT2D eigenvalue weighted by Gasteiger charge is 2.22. The average Bonchev–Trinajstić information content (AvgIpc) is 2.76. The summed E-state index contributed by atoms with van der Waals surface area (Å²) in [6, 6.07) is 8.69. The van der Waals surface area contributed by atoms with Gasteiger partial charge in [0, 0.05) is 51.5 Å². The van der Waals surface area contributed by atoms with E-state index in [9.17, 15) is 14.4 Å². The lowest BCUT2D eigenvalue weighted by molar-refractivity contribution is -0.131. The van der Waals surface area contributed by atoms with E-state index < -0.39 is 5.69 Å². The summed E-state index contributed by atoms with van der Waals surface area (Å²) in [6.45, 7) is 2.78. The number of fused-ring (bicyclic) bond motifs is 1. The van der Waals surface area contributed by atoms with Gasteiger partial charge in [-0.2, -0.15) is 0 Å². The predicted octanol–water partition coefficient (Wildman–Crippen LogP) is 0.609. The number of piperazine rings is 1. The van der Waals surface area contributed by atoms with Crippen LogP contribution in [0.2, 0.25) is 0 Å². The van der Waals surface area contributed by atoms with Gasteiger partial charge < -0.3 is 14.8 Å². The second-order valence-corrected chi connectivity index (χ2v) is 6.95.